The topological polar surface area (TPSA) is 145 Å². The number of benzene rings is 2. The van der Waals surface area contributed by atoms with E-state index in [4.69, 9.17) is 15.2 Å². The van der Waals surface area contributed by atoms with Crippen molar-refractivity contribution in [2.24, 2.45) is 5.73 Å². The summed E-state index contributed by atoms with van der Waals surface area (Å²) >= 11 is 0. The molecule has 0 aliphatic carbocycles. The monoisotopic (exact) mass is 424 g/mol. The van der Waals surface area contributed by atoms with Crippen LogP contribution in [0, 0.1) is 0 Å². The SMILES string of the molecule is CCOC(=O)c1n[nH]c2ccc(N(C(=O)CN)C(=O)OCc3ccccc3)cc2c1=O. The highest BCUT2D eigenvalue weighted by molar-refractivity contribution is 6.13. The summed E-state index contributed by atoms with van der Waals surface area (Å²) in [5, 5.41) is 6.38. The lowest BCUT2D eigenvalue weighted by atomic mass is 10.1. The van der Waals surface area contributed by atoms with Gasteiger partial charge in [0.05, 0.1) is 29.7 Å². The first-order valence-corrected chi connectivity index (χ1v) is 9.39. The highest BCUT2D eigenvalue weighted by atomic mass is 16.6. The van der Waals surface area contributed by atoms with E-state index < -0.39 is 35.6 Å². The minimum Gasteiger partial charge on any atom is -0.461 e. The van der Waals surface area contributed by atoms with E-state index in [0.29, 0.717) is 5.52 Å². The van der Waals surface area contributed by atoms with Crippen LogP contribution < -0.4 is 16.1 Å². The Kier molecular flexibility index (Phi) is 6.73. The van der Waals surface area contributed by atoms with Crippen LogP contribution in [0.3, 0.4) is 0 Å². The lowest BCUT2D eigenvalue weighted by Gasteiger charge is -2.20. The number of H-pyrrole nitrogens is 1. The largest absolute Gasteiger partial charge is 0.461 e. The van der Waals surface area contributed by atoms with Crippen LogP contribution in [0.4, 0.5) is 10.5 Å². The Morgan fingerprint density at radius 1 is 1.10 bits per heavy atom. The van der Waals surface area contributed by atoms with Gasteiger partial charge in [-0.3, -0.25) is 14.7 Å². The van der Waals surface area contributed by atoms with Crippen LogP contribution in [0.2, 0.25) is 0 Å². The summed E-state index contributed by atoms with van der Waals surface area (Å²) in [6.07, 6.45) is -0.949. The van der Waals surface area contributed by atoms with Gasteiger partial charge in [-0.15, -0.1) is 0 Å². The number of nitrogens with zero attached hydrogens (tertiary/aromatic N) is 2. The van der Waals surface area contributed by atoms with Gasteiger partial charge in [0, 0.05) is 0 Å². The molecule has 0 atom stereocenters. The van der Waals surface area contributed by atoms with Crippen molar-refractivity contribution < 1.29 is 23.9 Å². The predicted molar refractivity (Wildman–Crippen MR) is 111 cm³/mol. The lowest BCUT2D eigenvalue weighted by Crippen LogP contribution is -2.41. The third kappa shape index (κ3) is 4.75. The molecule has 0 saturated heterocycles. The summed E-state index contributed by atoms with van der Waals surface area (Å²) in [5.74, 6) is -1.61. The van der Waals surface area contributed by atoms with Gasteiger partial charge in [-0.1, -0.05) is 30.3 Å². The molecular weight excluding hydrogens is 404 g/mol. The van der Waals surface area contributed by atoms with Crippen LogP contribution in [0.15, 0.2) is 53.3 Å². The Hall–Kier alpha value is -4.05. The molecule has 0 spiro atoms. The van der Waals surface area contributed by atoms with E-state index in [-0.39, 0.29) is 24.3 Å². The minimum atomic E-state index is -0.949. The molecule has 0 unspecified atom stereocenters. The zero-order chi connectivity index (χ0) is 22.4. The van der Waals surface area contributed by atoms with Crippen molar-refractivity contribution >= 4 is 34.6 Å². The zero-order valence-electron chi connectivity index (χ0n) is 16.7. The van der Waals surface area contributed by atoms with Crippen LogP contribution in [-0.2, 0) is 20.9 Å². The van der Waals surface area contributed by atoms with E-state index in [1.165, 1.54) is 18.2 Å². The number of carbonyl (C=O) groups excluding carboxylic acids is 3. The number of nitrogens with one attached hydrogen (secondary N) is 1. The van der Waals surface area contributed by atoms with Gasteiger partial charge in [-0.25, -0.2) is 14.5 Å². The molecule has 3 aromatic rings. The van der Waals surface area contributed by atoms with Crippen molar-refractivity contribution in [2.45, 2.75) is 13.5 Å². The van der Waals surface area contributed by atoms with Crippen molar-refractivity contribution in [3.05, 3.63) is 70.0 Å². The van der Waals surface area contributed by atoms with Crippen LogP contribution in [-0.4, -0.2) is 41.3 Å². The number of aromatic nitrogens is 2. The highest BCUT2D eigenvalue weighted by Gasteiger charge is 2.25. The van der Waals surface area contributed by atoms with Gasteiger partial charge < -0.3 is 15.2 Å². The first-order valence-electron chi connectivity index (χ1n) is 9.39. The number of fused-ring (bicyclic) bond motifs is 1. The van der Waals surface area contributed by atoms with E-state index in [1.54, 1.807) is 31.2 Å². The summed E-state index contributed by atoms with van der Waals surface area (Å²) in [6, 6.07) is 13.1. The third-order valence-corrected chi connectivity index (χ3v) is 4.29. The lowest BCUT2D eigenvalue weighted by molar-refractivity contribution is -0.116. The number of imide groups is 1. The second-order valence-corrected chi connectivity index (χ2v) is 6.33. The molecule has 0 radical (unpaired) electrons. The van der Waals surface area contributed by atoms with Gasteiger partial charge in [0.2, 0.25) is 17.0 Å². The van der Waals surface area contributed by atoms with Crippen molar-refractivity contribution in [3.8, 4) is 0 Å². The van der Waals surface area contributed by atoms with Gasteiger partial charge in [0.15, 0.2) is 0 Å². The molecule has 2 aromatic carbocycles. The number of hydrogen-bond donors (Lipinski definition) is 2. The molecule has 160 valence electrons. The second kappa shape index (κ2) is 9.63. The van der Waals surface area contributed by atoms with Crippen LogP contribution in [0.5, 0.6) is 0 Å². The fourth-order valence-electron chi connectivity index (χ4n) is 2.82. The third-order valence-electron chi connectivity index (χ3n) is 4.29. The normalized spacial score (nSPS) is 10.5. The van der Waals surface area contributed by atoms with Gasteiger partial charge in [0.25, 0.3) is 0 Å². The van der Waals surface area contributed by atoms with E-state index in [9.17, 15) is 19.2 Å². The number of ether oxygens (including phenoxy) is 2. The molecule has 1 heterocycles. The Morgan fingerprint density at radius 2 is 1.84 bits per heavy atom. The summed E-state index contributed by atoms with van der Waals surface area (Å²) in [4.78, 5) is 50.4. The molecule has 0 fully saturated rings. The molecule has 0 aliphatic heterocycles. The highest BCUT2D eigenvalue weighted by Crippen LogP contribution is 2.21. The summed E-state index contributed by atoms with van der Waals surface area (Å²) in [5.41, 5.74) is 5.42. The summed E-state index contributed by atoms with van der Waals surface area (Å²) in [7, 11) is 0. The molecule has 1 aromatic heterocycles. The maximum absolute atomic E-state index is 12.7. The minimum absolute atomic E-state index is 0.0428. The number of carbonyl (C=O) groups is 3. The average molecular weight is 424 g/mol. The Labute approximate surface area is 176 Å². The molecular formula is C21H20N4O6. The maximum Gasteiger partial charge on any atom is 0.421 e. The van der Waals surface area contributed by atoms with Crippen molar-refractivity contribution in [2.75, 3.05) is 18.1 Å². The predicted octanol–water partition coefficient (Wildman–Crippen LogP) is 1.73. The number of amides is 2. The standard InChI is InChI=1S/C21H20N4O6/c1-2-30-20(28)18-19(27)15-10-14(8-9-16(15)23-24-18)25(17(26)11-22)21(29)31-12-13-6-4-3-5-7-13/h3-10H,2,11-12,22H2,1H3,(H,23,27). The van der Waals surface area contributed by atoms with Crippen molar-refractivity contribution in [1.82, 2.24) is 10.2 Å². The fraction of sp³-hybridized carbons (Fsp3) is 0.190. The van der Waals surface area contributed by atoms with E-state index in [0.717, 1.165) is 10.5 Å². The average Bonchev–Trinajstić information content (AvgIpc) is 2.79. The number of aromatic amines is 1. The maximum atomic E-state index is 12.7. The molecule has 0 bridgehead atoms. The van der Waals surface area contributed by atoms with Gasteiger partial charge in [-0.2, -0.15) is 5.10 Å². The van der Waals surface area contributed by atoms with E-state index in [2.05, 4.69) is 10.2 Å². The number of hydrogen-bond acceptors (Lipinski definition) is 8. The molecule has 0 saturated carbocycles. The molecule has 10 heteroatoms. The molecule has 3 rings (SSSR count). The van der Waals surface area contributed by atoms with Crippen molar-refractivity contribution in [3.63, 3.8) is 0 Å². The van der Waals surface area contributed by atoms with Gasteiger partial charge in [-0.05, 0) is 30.7 Å². The number of esters is 1. The van der Waals surface area contributed by atoms with Crippen molar-refractivity contribution in [1.29, 1.82) is 0 Å². The molecule has 0 aliphatic rings. The Balaban J connectivity index is 1.96. The zero-order valence-corrected chi connectivity index (χ0v) is 16.7. The van der Waals surface area contributed by atoms with Gasteiger partial charge in [0.1, 0.15) is 6.61 Å². The number of nitrogens with two attached hydrogens (primary N) is 1. The van der Waals surface area contributed by atoms with Gasteiger partial charge >= 0.3 is 12.1 Å². The molecule has 3 N–H and O–H groups in total. The molecule has 10 nitrogen and oxygen atoms in total. The number of rotatable bonds is 6. The Morgan fingerprint density at radius 3 is 2.52 bits per heavy atom. The van der Waals surface area contributed by atoms with Crippen LogP contribution in [0.25, 0.3) is 10.9 Å². The van der Waals surface area contributed by atoms with Crippen LogP contribution in [0.1, 0.15) is 23.0 Å². The fourth-order valence-corrected chi connectivity index (χ4v) is 2.82. The first kappa shape index (κ1) is 21.7. The van der Waals surface area contributed by atoms with Crippen LogP contribution >= 0.6 is 0 Å². The van der Waals surface area contributed by atoms with E-state index >= 15 is 0 Å². The first-order chi connectivity index (χ1) is 15.0. The summed E-state index contributed by atoms with van der Waals surface area (Å²) in [6.45, 7) is 1.16. The molecule has 2 amide bonds. The van der Waals surface area contributed by atoms with E-state index in [1.807, 2.05) is 6.07 Å². The second-order valence-electron chi connectivity index (χ2n) is 6.33. The summed E-state index contributed by atoms with van der Waals surface area (Å²) < 4.78 is 10.1. The Bertz CT molecular complexity index is 1180. The molecule has 31 heavy (non-hydrogen) atoms. The number of anilines is 1. The quantitative estimate of drug-likeness (QED) is 0.569. The smallest absolute Gasteiger partial charge is 0.421 e.